The van der Waals surface area contributed by atoms with E-state index in [-0.39, 0.29) is 0 Å². The van der Waals surface area contributed by atoms with Gasteiger partial charge in [-0.3, -0.25) is 0 Å². The molecule has 1 heteroatoms. The van der Waals surface area contributed by atoms with Crippen molar-refractivity contribution >= 4 is 5.57 Å². The maximum absolute atomic E-state index is 5.86. The zero-order valence-electron chi connectivity index (χ0n) is 9.59. The van der Waals surface area contributed by atoms with Crippen molar-refractivity contribution in [2.45, 2.75) is 26.7 Å². The number of benzene rings is 1. The van der Waals surface area contributed by atoms with E-state index in [1.165, 1.54) is 24.0 Å². The Morgan fingerprint density at radius 3 is 2.47 bits per heavy atom. The molecule has 0 bridgehead atoms. The number of nitrogens with two attached hydrogens (primary N) is 1. The number of hydrogen-bond donors (Lipinski definition) is 1. The van der Waals surface area contributed by atoms with Crippen LogP contribution in [0.2, 0.25) is 0 Å². The third-order valence-corrected chi connectivity index (χ3v) is 3.64. The molecule has 1 nitrogen and oxygen atoms in total. The Hall–Kier alpha value is -1.08. The van der Waals surface area contributed by atoms with Crippen molar-refractivity contribution in [3.8, 4) is 0 Å². The van der Waals surface area contributed by atoms with E-state index in [0.717, 1.165) is 0 Å². The summed E-state index contributed by atoms with van der Waals surface area (Å²) in [7, 11) is 0. The van der Waals surface area contributed by atoms with Gasteiger partial charge in [-0.2, -0.15) is 0 Å². The average Bonchev–Trinajstić information content (AvgIpc) is 2.94. The van der Waals surface area contributed by atoms with Gasteiger partial charge < -0.3 is 5.73 Å². The lowest BCUT2D eigenvalue weighted by Crippen LogP contribution is -2.04. The van der Waals surface area contributed by atoms with Gasteiger partial charge in [-0.05, 0) is 29.4 Å². The van der Waals surface area contributed by atoms with Crippen LogP contribution in [0.3, 0.4) is 0 Å². The minimum absolute atomic E-state index is 0.435. The molecule has 80 valence electrons. The Morgan fingerprint density at radius 1 is 1.33 bits per heavy atom. The normalized spacial score (nSPS) is 27.7. The van der Waals surface area contributed by atoms with Gasteiger partial charge in [0.2, 0.25) is 0 Å². The van der Waals surface area contributed by atoms with Crippen molar-refractivity contribution in [1.82, 2.24) is 0 Å². The molecule has 0 aliphatic heterocycles. The fourth-order valence-corrected chi connectivity index (χ4v) is 2.21. The Kier molecular flexibility index (Phi) is 2.66. The third-order valence-electron chi connectivity index (χ3n) is 3.64. The van der Waals surface area contributed by atoms with Crippen LogP contribution in [-0.4, -0.2) is 6.54 Å². The predicted octanol–water partition coefficient (Wildman–Crippen LogP) is 3.22. The van der Waals surface area contributed by atoms with E-state index < -0.39 is 0 Å². The van der Waals surface area contributed by atoms with Gasteiger partial charge in [0.15, 0.2) is 0 Å². The lowest BCUT2D eigenvalue weighted by atomic mass is 9.99. The van der Waals surface area contributed by atoms with E-state index in [1.807, 2.05) is 6.07 Å². The first-order chi connectivity index (χ1) is 7.21. The van der Waals surface area contributed by atoms with Gasteiger partial charge in [-0.15, -0.1) is 0 Å². The van der Waals surface area contributed by atoms with Gasteiger partial charge in [-0.1, -0.05) is 49.8 Å². The van der Waals surface area contributed by atoms with E-state index in [1.54, 1.807) is 5.57 Å². The van der Waals surface area contributed by atoms with Crippen molar-refractivity contribution in [2.75, 3.05) is 6.54 Å². The van der Waals surface area contributed by atoms with Gasteiger partial charge >= 0.3 is 0 Å². The molecule has 1 aliphatic rings. The lowest BCUT2D eigenvalue weighted by Gasteiger charge is -2.07. The molecule has 2 rings (SSSR count). The van der Waals surface area contributed by atoms with Crippen LogP contribution in [0.5, 0.6) is 0 Å². The van der Waals surface area contributed by atoms with E-state index in [9.17, 15) is 0 Å². The van der Waals surface area contributed by atoms with Gasteiger partial charge in [0.1, 0.15) is 0 Å². The summed E-state index contributed by atoms with van der Waals surface area (Å²) in [5.41, 5.74) is 10.5. The first-order valence-corrected chi connectivity index (χ1v) is 5.69. The molecule has 0 aromatic heterocycles. The summed E-state index contributed by atoms with van der Waals surface area (Å²) in [6.45, 7) is 5.25. The van der Waals surface area contributed by atoms with Crippen LogP contribution in [-0.2, 0) is 0 Å². The van der Waals surface area contributed by atoms with Crippen LogP contribution in [0.4, 0.5) is 0 Å². The van der Waals surface area contributed by atoms with Crippen molar-refractivity contribution < 1.29 is 0 Å². The monoisotopic (exact) mass is 201 g/mol. The zero-order chi connectivity index (χ0) is 10.9. The largest absolute Gasteiger partial charge is 0.326 e. The highest BCUT2D eigenvalue weighted by Crippen LogP contribution is 2.57. The molecule has 15 heavy (non-hydrogen) atoms. The van der Waals surface area contributed by atoms with E-state index in [4.69, 9.17) is 5.73 Å². The molecule has 0 radical (unpaired) electrons. The molecule has 0 heterocycles. The maximum Gasteiger partial charge on any atom is 0.0183 e. The minimum atomic E-state index is 0.435. The Balaban J connectivity index is 2.36. The molecule has 0 amide bonds. The average molecular weight is 201 g/mol. The Morgan fingerprint density at radius 2 is 2.00 bits per heavy atom. The van der Waals surface area contributed by atoms with E-state index in [0.29, 0.717) is 12.0 Å². The summed E-state index contributed by atoms with van der Waals surface area (Å²) in [6, 6.07) is 10.5. The molecule has 2 N–H and O–H groups in total. The smallest absolute Gasteiger partial charge is 0.0183 e. The van der Waals surface area contributed by atoms with Crippen LogP contribution >= 0.6 is 0 Å². The van der Waals surface area contributed by atoms with Crippen LogP contribution < -0.4 is 5.73 Å². The van der Waals surface area contributed by atoms with Crippen molar-refractivity contribution in [3.63, 3.8) is 0 Å². The number of rotatable bonds is 3. The molecule has 1 fully saturated rings. The maximum atomic E-state index is 5.86. The molecule has 1 unspecified atom stereocenters. The summed E-state index contributed by atoms with van der Waals surface area (Å²) in [5.74, 6) is 0. The van der Waals surface area contributed by atoms with E-state index in [2.05, 4.69) is 38.1 Å². The Labute approximate surface area is 92.0 Å². The van der Waals surface area contributed by atoms with Gasteiger partial charge in [0.25, 0.3) is 0 Å². The van der Waals surface area contributed by atoms with Crippen LogP contribution in [0.15, 0.2) is 35.9 Å². The van der Waals surface area contributed by atoms with E-state index >= 15 is 0 Å². The van der Waals surface area contributed by atoms with Crippen molar-refractivity contribution in [2.24, 2.45) is 11.1 Å². The lowest BCUT2D eigenvalue weighted by molar-refractivity contribution is 0.579. The van der Waals surface area contributed by atoms with Crippen molar-refractivity contribution in [3.05, 3.63) is 41.5 Å². The van der Waals surface area contributed by atoms with Gasteiger partial charge in [-0.25, -0.2) is 0 Å². The Bertz CT molecular complexity index is 378. The van der Waals surface area contributed by atoms with Crippen molar-refractivity contribution in [1.29, 1.82) is 0 Å². The molecule has 1 aromatic rings. The molecule has 1 aliphatic carbocycles. The molecular weight excluding hydrogens is 182 g/mol. The molecular formula is C14H19N. The summed E-state index contributed by atoms with van der Waals surface area (Å²) < 4.78 is 0. The number of allylic oxidation sites excluding steroid dienone is 1. The first kappa shape index (κ1) is 10.4. The second-order valence-electron chi connectivity index (χ2n) is 4.62. The van der Waals surface area contributed by atoms with Crippen LogP contribution in [0.25, 0.3) is 5.57 Å². The topological polar surface area (TPSA) is 26.0 Å². The third kappa shape index (κ3) is 1.84. The van der Waals surface area contributed by atoms with Gasteiger partial charge in [0.05, 0.1) is 0 Å². The second-order valence-corrected chi connectivity index (χ2v) is 4.62. The van der Waals surface area contributed by atoms with Crippen LogP contribution in [0, 0.1) is 5.41 Å². The molecule has 1 saturated carbocycles. The fraction of sp³-hybridized carbons (Fsp3) is 0.429. The zero-order valence-corrected chi connectivity index (χ0v) is 9.59. The molecule has 0 spiro atoms. The summed E-state index contributed by atoms with van der Waals surface area (Å²) >= 11 is 0. The highest BCUT2D eigenvalue weighted by Gasteiger charge is 2.43. The predicted molar refractivity (Wildman–Crippen MR) is 65.4 cm³/mol. The first-order valence-electron chi connectivity index (χ1n) is 5.69. The summed E-state index contributed by atoms with van der Waals surface area (Å²) in [4.78, 5) is 0. The van der Waals surface area contributed by atoms with Crippen LogP contribution in [0.1, 0.15) is 32.3 Å². The molecule has 0 saturated heterocycles. The quantitative estimate of drug-likeness (QED) is 0.798. The second kappa shape index (κ2) is 3.82. The summed E-state index contributed by atoms with van der Waals surface area (Å²) in [6.07, 6.45) is 2.45. The highest BCUT2D eigenvalue weighted by molar-refractivity contribution is 5.74. The summed E-state index contributed by atoms with van der Waals surface area (Å²) in [5, 5.41) is 0. The van der Waals surface area contributed by atoms with Gasteiger partial charge in [0, 0.05) is 6.54 Å². The number of hydrogen-bond acceptors (Lipinski definition) is 1. The molecule has 1 atom stereocenters. The molecule has 1 aromatic carbocycles. The minimum Gasteiger partial charge on any atom is -0.326 e. The fourth-order valence-electron chi connectivity index (χ4n) is 2.21. The highest BCUT2D eigenvalue weighted by atomic mass is 14.6. The standard InChI is InChI=1S/C14H19N/c1-3-14(2)9-13(14)12(10-15)11-7-5-4-6-8-11/h4-8H,3,9-10,15H2,1-2H3. The SMILES string of the molecule is CCC1(C)CC1=C(CN)c1ccccc1.